The first-order valence-corrected chi connectivity index (χ1v) is 5.48. The van der Waals surface area contributed by atoms with E-state index in [1.54, 1.807) is 31.3 Å². The molecule has 0 aliphatic carbocycles. The minimum absolute atomic E-state index is 0.162. The summed E-state index contributed by atoms with van der Waals surface area (Å²) in [7, 11) is 1.58. The first-order chi connectivity index (χ1) is 8.74. The van der Waals surface area contributed by atoms with Gasteiger partial charge in [0.1, 0.15) is 6.29 Å². The van der Waals surface area contributed by atoms with Gasteiger partial charge >= 0.3 is 0 Å². The molecule has 0 atom stereocenters. The first kappa shape index (κ1) is 12.0. The highest BCUT2D eigenvalue weighted by Crippen LogP contribution is 2.17. The zero-order valence-electron chi connectivity index (χ0n) is 9.88. The molecule has 0 fully saturated rings. The van der Waals surface area contributed by atoms with Crippen molar-refractivity contribution in [1.29, 1.82) is 0 Å². The van der Waals surface area contributed by atoms with Crippen LogP contribution in [0.15, 0.2) is 42.6 Å². The Morgan fingerprint density at radius 3 is 2.39 bits per heavy atom. The van der Waals surface area contributed by atoms with E-state index in [1.165, 1.54) is 6.20 Å². The minimum atomic E-state index is -0.162. The van der Waals surface area contributed by atoms with Crippen molar-refractivity contribution in [3.8, 4) is 11.3 Å². The molecule has 0 spiro atoms. The molecule has 2 rings (SSSR count). The number of amides is 1. The maximum Gasteiger partial charge on any atom is 0.252 e. The maximum atomic E-state index is 11.4. The van der Waals surface area contributed by atoms with Crippen LogP contribution in [0.25, 0.3) is 11.3 Å². The van der Waals surface area contributed by atoms with Crippen LogP contribution in [0.3, 0.4) is 0 Å². The molecule has 0 aliphatic rings. The van der Waals surface area contributed by atoms with Gasteiger partial charge in [-0.05, 0) is 12.1 Å². The van der Waals surface area contributed by atoms with E-state index in [1.807, 2.05) is 12.1 Å². The van der Waals surface area contributed by atoms with Crippen molar-refractivity contribution in [2.75, 3.05) is 7.05 Å². The summed E-state index contributed by atoms with van der Waals surface area (Å²) in [4.78, 5) is 26.1. The predicted octanol–water partition coefficient (Wildman–Crippen LogP) is 1.92. The van der Waals surface area contributed by atoms with Gasteiger partial charge in [0, 0.05) is 24.4 Å². The lowest BCUT2D eigenvalue weighted by molar-refractivity contribution is 0.0962. The third-order valence-electron chi connectivity index (χ3n) is 2.60. The monoisotopic (exact) mass is 240 g/mol. The fraction of sp³-hybridized carbons (Fsp3) is 0.0714. The number of nitrogens with one attached hydrogen (secondary N) is 1. The summed E-state index contributed by atoms with van der Waals surface area (Å²) >= 11 is 0. The zero-order chi connectivity index (χ0) is 13.0. The summed E-state index contributed by atoms with van der Waals surface area (Å²) in [5, 5.41) is 2.54. The number of hydrogen-bond donors (Lipinski definition) is 1. The fourth-order valence-electron chi connectivity index (χ4n) is 1.58. The van der Waals surface area contributed by atoms with Gasteiger partial charge in [-0.3, -0.25) is 14.6 Å². The Morgan fingerprint density at radius 2 is 1.89 bits per heavy atom. The topological polar surface area (TPSA) is 59.1 Å². The number of carbonyl (C=O) groups is 2. The van der Waals surface area contributed by atoms with Crippen LogP contribution in [0, 0.1) is 0 Å². The number of nitrogens with zero attached hydrogens (tertiary/aromatic N) is 1. The molecule has 0 saturated heterocycles. The Morgan fingerprint density at radius 1 is 1.17 bits per heavy atom. The van der Waals surface area contributed by atoms with Crippen LogP contribution < -0.4 is 5.32 Å². The molecule has 0 saturated carbocycles. The second-order valence-corrected chi connectivity index (χ2v) is 3.75. The standard InChI is InChI=1S/C14H12N2O2/c1-15-14(18)12-6-7-13(16-8-12)11-4-2-10(9-17)3-5-11/h2-9H,1H3,(H,15,18). The molecule has 90 valence electrons. The average molecular weight is 240 g/mol. The van der Waals surface area contributed by atoms with Crippen LogP contribution in [-0.4, -0.2) is 24.2 Å². The number of rotatable bonds is 3. The lowest BCUT2D eigenvalue weighted by Gasteiger charge is -2.03. The molecule has 1 aromatic heterocycles. The van der Waals surface area contributed by atoms with Gasteiger partial charge in [-0.15, -0.1) is 0 Å². The Labute approximate surface area is 105 Å². The lowest BCUT2D eigenvalue weighted by atomic mass is 10.1. The lowest BCUT2D eigenvalue weighted by Crippen LogP contribution is -2.17. The first-order valence-electron chi connectivity index (χ1n) is 5.48. The van der Waals surface area contributed by atoms with Crippen molar-refractivity contribution in [3.05, 3.63) is 53.7 Å². The molecule has 1 heterocycles. The van der Waals surface area contributed by atoms with E-state index >= 15 is 0 Å². The van der Waals surface area contributed by atoms with Crippen molar-refractivity contribution < 1.29 is 9.59 Å². The smallest absolute Gasteiger partial charge is 0.252 e. The van der Waals surface area contributed by atoms with Crippen LogP contribution in [0.1, 0.15) is 20.7 Å². The molecule has 0 aliphatic heterocycles. The molecular formula is C14H12N2O2. The third-order valence-corrected chi connectivity index (χ3v) is 2.60. The third kappa shape index (κ3) is 2.43. The maximum absolute atomic E-state index is 11.4. The molecule has 4 heteroatoms. The fourth-order valence-corrected chi connectivity index (χ4v) is 1.58. The molecule has 2 aromatic rings. The summed E-state index contributed by atoms with van der Waals surface area (Å²) < 4.78 is 0. The summed E-state index contributed by atoms with van der Waals surface area (Å²) in [6.07, 6.45) is 2.33. The van der Waals surface area contributed by atoms with E-state index in [2.05, 4.69) is 10.3 Å². The van der Waals surface area contributed by atoms with Crippen molar-refractivity contribution in [3.63, 3.8) is 0 Å². The SMILES string of the molecule is CNC(=O)c1ccc(-c2ccc(C=O)cc2)nc1. The van der Waals surface area contributed by atoms with Crippen molar-refractivity contribution >= 4 is 12.2 Å². The zero-order valence-corrected chi connectivity index (χ0v) is 9.88. The van der Waals surface area contributed by atoms with E-state index in [0.717, 1.165) is 17.5 Å². The van der Waals surface area contributed by atoms with Gasteiger partial charge in [0.05, 0.1) is 11.3 Å². The second kappa shape index (κ2) is 5.23. The number of aromatic nitrogens is 1. The predicted molar refractivity (Wildman–Crippen MR) is 68.5 cm³/mol. The molecule has 0 unspecified atom stereocenters. The average Bonchev–Trinajstić information content (AvgIpc) is 2.47. The van der Waals surface area contributed by atoms with E-state index in [-0.39, 0.29) is 5.91 Å². The van der Waals surface area contributed by atoms with Gasteiger partial charge in [-0.2, -0.15) is 0 Å². The molecule has 1 N–H and O–H groups in total. The van der Waals surface area contributed by atoms with Crippen molar-refractivity contribution in [1.82, 2.24) is 10.3 Å². The molecule has 0 radical (unpaired) electrons. The van der Waals surface area contributed by atoms with Crippen LogP contribution >= 0.6 is 0 Å². The second-order valence-electron chi connectivity index (χ2n) is 3.75. The summed E-state index contributed by atoms with van der Waals surface area (Å²) in [6, 6.07) is 10.6. The molecular weight excluding hydrogens is 228 g/mol. The highest BCUT2D eigenvalue weighted by Gasteiger charge is 2.04. The van der Waals surface area contributed by atoms with Gasteiger partial charge < -0.3 is 5.32 Å². The van der Waals surface area contributed by atoms with Gasteiger partial charge in [0.25, 0.3) is 5.91 Å². The molecule has 4 nitrogen and oxygen atoms in total. The summed E-state index contributed by atoms with van der Waals surface area (Å²) in [5.41, 5.74) is 2.82. The molecule has 1 amide bonds. The normalized spacial score (nSPS) is 9.83. The summed E-state index contributed by atoms with van der Waals surface area (Å²) in [5.74, 6) is -0.162. The van der Waals surface area contributed by atoms with Crippen LogP contribution in [0.5, 0.6) is 0 Å². The summed E-state index contributed by atoms with van der Waals surface area (Å²) in [6.45, 7) is 0. The largest absolute Gasteiger partial charge is 0.355 e. The van der Waals surface area contributed by atoms with E-state index in [9.17, 15) is 9.59 Å². The van der Waals surface area contributed by atoms with Crippen molar-refractivity contribution in [2.45, 2.75) is 0 Å². The highest BCUT2D eigenvalue weighted by atomic mass is 16.1. The van der Waals surface area contributed by atoms with Gasteiger partial charge in [-0.25, -0.2) is 0 Å². The van der Waals surface area contributed by atoms with Crippen LogP contribution in [0.4, 0.5) is 0 Å². The van der Waals surface area contributed by atoms with Crippen LogP contribution in [0.2, 0.25) is 0 Å². The number of pyridine rings is 1. The van der Waals surface area contributed by atoms with Gasteiger partial charge in [0.15, 0.2) is 0 Å². The number of aldehydes is 1. The Bertz CT molecular complexity index is 559. The van der Waals surface area contributed by atoms with Gasteiger partial charge in [-0.1, -0.05) is 24.3 Å². The minimum Gasteiger partial charge on any atom is -0.355 e. The van der Waals surface area contributed by atoms with Crippen LogP contribution in [-0.2, 0) is 0 Å². The van der Waals surface area contributed by atoms with E-state index < -0.39 is 0 Å². The molecule has 1 aromatic carbocycles. The number of hydrogen-bond acceptors (Lipinski definition) is 3. The quantitative estimate of drug-likeness (QED) is 0.834. The Kier molecular flexibility index (Phi) is 3.48. The molecule has 0 bridgehead atoms. The number of carbonyl (C=O) groups excluding carboxylic acids is 2. The van der Waals surface area contributed by atoms with Gasteiger partial charge in [0.2, 0.25) is 0 Å². The highest BCUT2D eigenvalue weighted by molar-refractivity contribution is 5.93. The van der Waals surface area contributed by atoms with E-state index in [4.69, 9.17) is 0 Å². The molecule has 18 heavy (non-hydrogen) atoms. The Balaban J connectivity index is 2.28. The van der Waals surface area contributed by atoms with Crippen molar-refractivity contribution in [2.24, 2.45) is 0 Å². The van der Waals surface area contributed by atoms with E-state index in [0.29, 0.717) is 11.1 Å². The Hall–Kier alpha value is -2.49. The number of benzene rings is 1.